The van der Waals surface area contributed by atoms with E-state index in [0.29, 0.717) is 10.8 Å². The number of hydrogen-bond acceptors (Lipinski definition) is 2. The second-order valence-electron chi connectivity index (χ2n) is 2.73. The van der Waals surface area contributed by atoms with Crippen LogP contribution >= 0.6 is 11.6 Å². The van der Waals surface area contributed by atoms with Gasteiger partial charge >= 0.3 is 0 Å². The summed E-state index contributed by atoms with van der Waals surface area (Å²) in [5, 5.41) is 0.584. The number of rotatable bonds is 0. The molecule has 2 N–H and O–H groups in total. The molecule has 2 aromatic heterocycles. The van der Waals surface area contributed by atoms with Gasteiger partial charge in [-0.15, -0.1) is 0 Å². The van der Waals surface area contributed by atoms with Crippen molar-refractivity contribution in [3.05, 3.63) is 29.2 Å². The van der Waals surface area contributed by atoms with Gasteiger partial charge in [0.15, 0.2) is 0 Å². The quantitative estimate of drug-likeness (QED) is 0.675. The molecule has 0 amide bonds. The minimum Gasteiger partial charge on any atom is -0.398 e. The van der Waals surface area contributed by atoms with Crippen LogP contribution in [0.2, 0.25) is 5.15 Å². The largest absolute Gasteiger partial charge is 0.398 e. The van der Waals surface area contributed by atoms with Crippen LogP contribution in [0, 0.1) is 6.92 Å². The Balaban J connectivity index is 2.92. The third-order valence-corrected chi connectivity index (χ3v) is 2.05. The van der Waals surface area contributed by atoms with Crippen molar-refractivity contribution in [3.63, 3.8) is 0 Å². The van der Waals surface area contributed by atoms with Crippen molar-refractivity contribution in [3.8, 4) is 0 Å². The van der Waals surface area contributed by atoms with Gasteiger partial charge in [0.25, 0.3) is 0 Å². The molecule has 2 aromatic rings. The normalized spacial score (nSPS) is 10.8. The monoisotopic (exact) mass is 181 g/mol. The first-order valence-electron chi connectivity index (χ1n) is 3.57. The Morgan fingerprint density at radius 2 is 2.33 bits per heavy atom. The summed E-state index contributed by atoms with van der Waals surface area (Å²) in [6.07, 6.45) is 3.38. The zero-order chi connectivity index (χ0) is 8.72. The summed E-state index contributed by atoms with van der Waals surface area (Å²) in [6, 6.07) is 1.87. The van der Waals surface area contributed by atoms with E-state index >= 15 is 0 Å². The average Bonchev–Trinajstić information content (AvgIpc) is 2.33. The second-order valence-corrected chi connectivity index (χ2v) is 3.12. The minimum atomic E-state index is 0.584. The molecule has 0 aliphatic rings. The molecule has 4 heteroatoms. The maximum atomic E-state index is 5.86. The molecule has 2 rings (SSSR count). The number of fused-ring (bicyclic) bond motifs is 1. The zero-order valence-corrected chi connectivity index (χ0v) is 7.34. The van der Waals surface area contributed by atoms with E-state index in [9.17, 15) is 0 Å². The number of nitrogens with two attached hydrogens (primary N) is 1. The van der Waals surface area contributed by atoms with Crippen molar-refractivity contribution in [2.24, 2.45) is 0 Å². The summed E-state index contributed by atoms with van der Waals surface area (Å²) in [5.74, 6) is 0. The fraction of sp³-hybridized carbons (Fsp3) is 0.125. The lowest BCUT2D eigenvalue weighted by molar-refractivity contribution is 1.17. The average molecular weight is 182 g/mol. The molecule has 62 valence electrons. The Bertz CT molecular complexity index is 433. The van der Waals surface area contributed by atoms with Crippen LogP contribution < -0.4 is 5.73 Å². The van der Waals surface area contributed by atoms with Crippen LogP contribution in [0.3, 0.4) is 0 Å². The first kappa shape index (κ1) is 7.43. The number of pyridine rings is 1. The van der Waals surface area contributed by atoms with E-state index in [1.807, 2.05) is 13.0 Å². The highest BCUT2D eigenvalue weighted by atomic mass is 35.5. The predicted octanol–water partition coefficient (Wildman–Crippen LogP) is 1.88. The lowest BCUT2D eigenvalue weighted by Gasteiger charge is -2.00. The van der Waals surface area contributed by atoms with Gasteiger partial charge in [0.2, 0.25) is 0 Å². The van der Waals surface area contributed by atoms with Gasteiger partial charge in [0.05, 0.1) is 6.20 Å². The van der Waals surface area contributed by atoms with Gasteiger partial charge in [-0.1, -0.05) is 11.6 Å². The molecule has 3 nitrogen and oxygen atoms in total. The van der Waals surface area contributed by atoms with Crippen molar-refractivity contribution in [2.75, 3.05) is 5.73 Å². The molecule has 0 spiro atoms. The lowest BCUT2D eigenvalue weighted by Crippen LogP contribution is -1.93. The Morgan fingerprint density at radius 1 is 1.58 bits per heavy atom. The standard InChI is InChI=1S/C8H8ClN3/c1-5-2-6(10)4-12-7(9)3-11-8(5)12/h2-4H,10H2,1H3. The summed E-state index contributed by atoms with van der Waals surface area (Å²) in [7, 11) is 0. The van der Waals surface area contributed by atoms with Gasteiger partial charge in [-0.3, -0.25) is 4.40 Å². The van der Waals surface area contributed by atoms with Crippen molar-refractivity contribution < 1.29 is 0 Å². The highest BCUT2D eigenvalue weighted by molar-refractivity contribution is 6.29. The van der Waals surface area contributed by atoms with Crippen molar-refractivity contribution in [1.82, 2.24) is 9.38 Å². The van der Waals surface area contributed by atoms with Gasteiger partial charge in [-0.25, -0.2) is 4.98 Å². The molecular weight excluding hydrogens is 174 g/mol. The molecular formula is C8H8ClN3. The molecule has 0 atom stereocenters. The van der Waals surface area contributed by atoms with Crippen LogP contribution in [0.5, 0.6) is 0 Å². The van der Waals surface area contributed by atoms with E-state index in [4.69, 9.17) is 17.3 Å². The van der Waals surface area contributed by atoms with Gasteiger partial charge in [-0.05, 0) is 18.6 Å². The van der Waals surface area contributed by atoms with E-state index in [1.54, 1.807) is 16.8 Å². The van der Waals surface area contributed by atoms with Crippen LogP contribution in [-0.4, -0.2) is 9.38 Å². The number of imidazole rings is 1. The van der Waals surface area contributed by atoms with Crippen molar-refractivity contribution >= 4 is 22.9 Å². The SMILES string of the molecule is Cc1cc(N)cn2c(Cl)cnc12. The van der Waals surface area contributed by atoms with E-state index in [0.717, 1.165) is 11.2 Å². The number of hydrogen-bond donors (Lipinski definition) is 1. The van der Waals surface area contributed by atoms with Crippen LogP contribution in [0.1, 0.15) is 5.56 Å². The molecule has 0 bridgehead atoms. The van der Waals surface area contributed by atoms with Gasteiger partial charge in [0.1, 0.15) is 10.8 Å². The fourth-order valence-electron chi connectivity index (χ4n) is 1.26. The van der Waals surface area contributed by atoms with Gasteiger partial charge in [-0.2, -0.15) is 0 Å². The van der Waals surface area contributed by atoms with Crippen molar-refractivity contribution in [2.45, 2.75) is 6.92 Å². The Morgan fingerprint density at radius 3 is 3.08 bits per heavy atom. The number of halogens is 1. The Kier molecular flexibility index (Phi) is 1.48. The molecule has 0 saturated heterocycles. The summed E-state index contributed by atoms with van der Waals surface area (Å²) in [4.78, 5) is 4.13. The molecule has 12 heavy (non-hydrogen) atoms. The fourth-order valence-corrected chi connectivity index (χ4v) is 1.43. The summed E-state index contributed by atoms with van der Waals surface area (Å²) in [5.41, 5.74) is 8.23. The smallest absolute Gasteiger partial charge is 0.140 e. The summed E-state index contributed by atoms with van der Waals surface area (Å²) >= 11 is 5.86. The van der Waals surface area contributed by atoms with Gasteiger partial charge < -0.3 is 5.73 Å². The van der Waals surface area contributed by atoms with Gasteiger partial charge in [0, 0.05) is 11.9 Å². The number of aromatic nitrogens is 2. The zero-order valence-electron chi connectivity index (χ0n) is 6.58. The molecule has 0 radical (unpaired) electrons. The van der Waals surface area contributed by atoms with Crippen molar-refractivity contribution in [1.29, 1.82) is 0 Å². The molecule has 0 aliphatic heterocycles. The highest BCUT2D eigenvalue weighted by Gasteiger charge is 2.03. The van der Waals surface area contributed by atoms with Crippen LogP contribution in [0.25, 0.3) is 5.65 Å². The van der Waals surface area contributed by atoms with Crippen LogP contribution in [0.15, 0.2) is 18.5 Å². The second kappa shape index (κ2) is 2.38. The Hall–Kier alpha value is -1.22. The van der Waals surface area contributed by atoms with Crippen LogP contribution in [0.4, 0.5) is 5.69 Å². The lowest BCUT2D eigenvalue weighted by atomic mass is 10.3. The minimum absolute atomic E-state index is 0.584. The first-order valence-corrected chi connectivity index (χ1v) is 3.95. The molecule has 2 heterocycles. The molecule has 0 unspecified atom stereocenters. The molecule has 0 aromatic carbocycles. The summed E-state index contributed by atoms with van der Waals surface area (Å²) in [6.45, 7) is 1.95. The number of anilines is 1. The maximum absolute atomic E-state index is 5.86. The maximum Gasteiger partial charge on any atom is 0.140 e. The number of nitrogen functional groups attached to an aromatic ring is 1. The van der Waals surface area contributed by atoms with E-state index in [1.165, 1.54) is 0 Å². The third kappa shape index (κ3) is 0.940. The predicted molar refractivity (Wildman–Crippen MR) is 49.4 cm³/mol. The third-order valence-electron chi connectivity index (χ3n) is 1.77. The molecule has 0 saturated carbocycles. The Labute approximate surface area is 74.8 Å². The van der Waals surface area contributed by atoms with E-state index in [2.05, 4.69) is 4.98 Å². The van der Waals surface area contributed by atoms with E-state index in [-0.39, 0.29) is 0 Å². The number of nitrogens with zero attached hydrogens (tertiary/aromatic N) is 2. The number of aryl methyl sites for hydroxylation is 1. The van der Waals surface area contributed by atoms with E-state index < -0.39 is 0 Å². The van der Waals surface area contributed by atoms with Crippen LogP contribution in [-0.2, 0) is 0 Å². The first-order chi connectivity index (χ1) is 5.68. The topological polar surface area (TPSA) is 43.3 Å². The highest BCUT2D eigenvalue weighted by Crippen LogP contribution is 2.17. The summed E-state index contributed by atoms with van der Waals surface area (Å²) < 4.78 is 1.77. The molecule has 0 aliphatic carbocycles. The molecule has 0 fully saturated rings.